The average molecular weight is 351 g/mol. The number of nitrogens with one attached hydrogen (secondary N) is 1. The van der Waals surface area contributed by atoms with Gasteiger partial charge in [0.25, 0.3) is 5.91 Å². The maximum Gasteiger partial charge on any atom is 0.255 e. The highest BCUT2D eigenvalue weighted by atomic mass is 35.5. The van der Waals surface area contributed by atoms with Gasteiger partial charge in [-0.3, -0.25) is 4.79 Å². The van der Waals surface area contributed by atoms with Crippen LogP contribution in [0.15, 0.2) is 36.4 Å². The summed E-state index contributed by atoms with van der Waals surface area (Å²) in [5.74, 6) is -2.15. The van der Waals surface area contributed by atoms with E-state index in [1.165, 1.54) is 6.42 Å². The van der Waals surface area contributed by atoms with Crippen LogP contribution in [0.3, 0.4) is 0 Å². The molecule has 1 aliphatic heterocycles. The highest BCUT2D eigenvalue weighted by molar-refractivity contribution is 6.31. The first-order chi connectivity index (χ1) is 11.5. The lowest BCUT2D eigenvalue weighted by molar-refractivity contribution is 0.102. The van der Waals surface area contributed by atoms with Crippen molar-refractivity contribution in [3.63, 3.8) is 0 Å². The Balaban J connectivity index is 1.88. The number of anilines is 2. The van der Waals surface area contributed by atoms with Gasteiger partial charge in [0.2, 0.25) is 0 Å². The Morgan fingerprint density at radius 2 is 1.67 bits per heavy atom. The van der Waals surface area contributed by atoms with Crippen molar-refractivity contribution in [3.05, 3.63) is 58.6 Å². The molecule has 1 amide bonds. The number of carbonyl (C=O) groups excluding carboxylic acids is 1. The van der Waals surface area contributed by atoms with E-state index in [9.17, 15) is 13.6 Å². The average Bonchev–Trinajstić information content (AvgIpc) is 2.55. The predicted molar refractivity (Wildman–Crippen MR) is 91.8 cm³/mol. The zero-order valence-corrected chi connectivity index (χ0v) is 13.7. The number of piperidine rings is 1. The van der Waals surface area contributed by atoms with Crippen LogP contribution in [-0.4, -0.2) is 19.0 Å². The molecule has 1 heterocycles. The molecular formula is C18H17ClF2N2O. The van der Waals surface area contributed by atoms with Crippen LogP contribution in [0.25, 0.3) is 0 Å². The molecule has 0 unspecified atom stereocenters. The second-order valence-corrected chi connectivity index (χ2v) is 6.26. The van der Waals surface area contributed by atoms with Crippen LogP contribution in [0.2, 0.25) is 5.02 Å². The van der Waals surface area contributed by atoms with Crippen LogP contribution in [0.1, 0.15) is 29.6 Å². The molecule has 126 valence electrons. The molecule has 0 bridgehead atoms. The minimum Gasteiger partial charge on any atom is -0.370 e. The Labute approximate surface area is 144 Å². The van der Waals surface area contributed by atoms with Crippen LogP contribution in [0.5, 0.6) is 0 Å². The van der Waals surface area contributed by atoms with Crippen molar-refractivity contribution in [2.75, 3.05) is 23.3 Å². The van der Waals surface area contributed by atoms with Gasteiger partial charge in [-0.05, 0) is 49.6 Å². The summed E-state index contributed by atoms with van der Waals surface area (Å²) in [6, 6.07) is 8.01. The third-order valence-corrected chi connectivity index (χ3v) is 4.26. The summed E-state index contributed by atoms with van der Waals surface area (Å²) in [6.07, 6.45) is 3.37. The molecule has 0 saturated carbocycles. The summed E-state index contributed by atoms with van der Waals surface area (Å²) in [7, 11) is 0. The van der Waals surface area contributed by atoms with Gasteiger partial charge >= 0.3 is 0 Å². The molecule has 0 radical (unpaired) electrons. The van der Waals surface area contributed by atoms with Gasteiger partial charge in [0, 0.05) is 29.7 Å². The topological polar surface area (TPSA) is 32.3 Å². The molecule has 0 aliphatic carbocycles. The molecule has 1 saturated heterocycles. The van der Waals surface area contributed by atoms with Crippen LogP contribution < -0.4 is 10.2 Å². The van der Waals surface area contributed by atoms with Crippen molar-refractivity contribution in [1.82, 2.24) is 0 Å². The van der Waals surface area contributed by atoms with Gasteiger partial charge in [0.1, 0.15) is 11.6 Å². The zero-order chi connectivity index (χ0) is 17.1. The number of hydrogen-bond acceptors (Lipinski definition) is 2. The standard InChI is InChI=1S/C18H17ClF2N2O/c19-13-4-5-17(23-6-2-1-3-7-23)16(10-13)22-18(24)12-8-14(20)11-15(21)9-12/h4-5,8-11H,1-3,6-7H2,(H,22,24). The summed E-state index contributed by atoms with van der Waals surface area (Å²) >= 11 is 6.05. The first-order valence-corrected chi connectivity index (χ1v) is 8.23. The molecule has 24 heavy (non-hydrogen) atoms. The van der Waals surface area contributed by atoms with E-state index in [0.29, 0.717) is 10.7 Å². The molecular weight excluding hydrogens is 334 g/mol. The Bertz CT molecular complexity index is 740. The summed E-state index contributed by atoms with van der Waals surface area (Å²) in [5, 5.41) is 3.20. The van der Waals surface area contributed by atoms with Crippen LogP contribution >= 0.6 is 11.6 Å². The highest BCUT2D eigenvalue weighted by Crippen LogP contribution is 2.31. The van der Waals surface area contributed by atoms with Gasteiger partial charge in [-0.15, -0.1) is 0 Å². The predicted octanol–water partition coefficient (Wildman–Crippen LogP) is 4.86. The van der Waals surface area contributed by atoms with Crippen molar-refractivity contribution in [2.45, 2.75) is 19.3 Å². The number of hydrogen-bond donors (Lipinski definition) is 1. The fourth-order valence-electron chi connectivity index (χ4n) is 2.90. The molecule has 0 atom stereocenters. The third kappa shape index (κ3) is 3.85. The maximum absolute atomic E-state index is 13.3. The van der Waals surface area contributed by atoms with Crippen molar-refractivity contribution < 1.29 is 13.6 Å². The van der Waals surface area contributed by atoms with Crippen molar-refractivity contribution in [3.8, 4) is 0 Å². The minimum absolute atomic E-state index is 0.0722. The van der Waals surface area contributed by atoms with E-state index >= 15 is 0 Å². The van der Waals surface area contributed by atoms with Crippen molar-refractivity contribution in [1.29, 1.82) is 0 Å². The third-order valence-electron chi connectivity index (χ3n) is 4.03. The molecule has 0 aromatic heterocycles. The molecule has 2 aromatic rings. The molecule has 0 spiro atoms. The van der Waals surface area contributed by atoms with Gasteiger partial charge < -0.3 is 10.2 Å². The first-order valence-electron chi connectivity index (χ1n) is 7.85. The summed E-state index contributed by atoms with van der Waals surface area (Å²) in [6.45, 7) is 1.80. The van der Waals surface area contributed by atoms with E-state index in [-0.39, 0.29) is 5.56 Å². The fraction of sp³-hybridized carbons (Fsp3) is 0.278. The highest BCUT2D eigenvalue weighted by Gasteiger charge is 2.17. The van der Waals surface area contributed by atoms with Gasteiger partial charge in [0.15, 0.2) is 0 Å². The number of carbonyl (C=O) groups is 1. The molecule has 2 aromatic carbocycles. The minimum atomic E-state index is -0.789. The van der Waals surface area contributed by atoms with Gasteiger partial charge in [-0.25, -0.2) is 8.78 Å². The fourth-order valence-corrected chi connectivity index (χ4v) is 3.07. The SMILES string of the molecule is O=C(Nc1cc(Cl)ccc1N1CCCCC1)c1cc(F)cc(F)c1. The van der Waals surface area contributed by atoms with E-state index in [4.69, 9.17) is 11.6 Å². The van der Waals surface area contributed by atoms with Gasteiger partial charge in [0.05, 0.1) is 11.4 Å². The Hall–Kier alpha value is -2.14. The lowest BCUT2D eigenvalue weighted by atomic mass is 10.1. The molecule has 1 N–H and O–H groups in total. The van der Waals surface area contributed by atoms with E-state index < -0.39 is 17.5 Å². The van der Waals surface area contributed by atoms with Crippen LogP contribution in [-0.2, 0) is 0 Å². The Morgan fingerprint density at radius 3 is 2.33 bits per heavy atom. The molecule has 1 fully saturated rings. The monoisotopic (exact) mass is 350 g/mol. The Kier molecular flexibility index (Phi) is 5.00. The van der Waals surface area contributed by atoms with Gasteiger partial charge in [-0.1, -0.05) is 11.6 Å². The number of halogens is 3. The molecule has 3 rings (SSSR count). The number of nitrogens with zero attached hydrogens (tertiary/aromatic N) is 1. The summed E-state index contributed by atoms with van der Waals surface area (Å²) in [5.41, 5.74) is 1.33. The van der Waals surface area contributed by atoms with E-state index in [0.717, 1.165) is 49.8 Å². The van der Waals surface area contributed by atoms with Crippen molar-refractivity contribution >= 4 is 28.9 Å². The van der Waals surface area contributed by atoms with E-state index in [1.54, 1.807) is 12.1 Å². The smallest absolute Gasteiger partial charge is 0.255 e. The summed E-state index contributed by atoms with van der Waals surface area (Å²) in [4.78, 5) is 14.5. The van der Waals surface area contributed by atoms with Crippen molar-refractivity contribution in [2.24, 2.45) is 0 Å². The van der Waals surface area contributed by atoms with Crippen LogP contribution in [0, 0.1) is 11.6 Å². The Morgan fingerprint density at radius 1 is 1.00 bits per heavy atom. The zero-order valence-electron chi connectivity index (χ0n) is 13.0. The van der Waals surface area contributed by atoms with Gasteiger partial charge in [-0.2, -0.15) is 0 Å². The number of rotatable bonds is 3. The van der Waals surface area contributed by atoms with E-state index in [2.05, 4.69) is 10.2 Å². The normalized spacial score (nSPS) is 14.5. The maximum atomic E-state index is 13.3. The lowest BCUT2D eigenvalue weighted by Crippen LogP contribution is -2.30. The largest absolute Gasteiger partial charge is 0.370 e. The summed E-state index contributed by atoms with van der Waals surface area (Å²) < 4.78 is 26.6. The number of amides is 1. The number of benzene rings is 2. The second-order valence-electron chi connectivity index (χ2n) is 5.82. The first kappa shape index (κ1) is 16.7. The molecule has 3 nitrogen and oxygen atoms in total. The van der Waals surface area contributed by atoms with E-state index in [1.807, 2.05) is 6.07 Å². The molecule has 1 aliphatic rings. The van der Waals surface area contributed by atoms with Crippen LogP contribution in [0.4, 0.5) is 20.2 Å². The second kappa shape index (κ2) is 7.18. The lowest BCUT2D eigenvalue weighted by Gasteiger charge is -2.30. The molecule has 6 heteroatoms. The quantitative estimate of drug-likeness (QED) is 0.857.